The molecule has 3 rings (SSSR count). The molecule has 1 aromatic heterocycles. The predicted molar refractivity (Wildman–Crippen MR) is 105 cm³/mol. The summed E-state index contributed by atoms with van der Waals surface area (Å²) >= 11 is 0. The number of nitrogens with zero attached hydrogens (tertiary/aromatic N) is 2. The van der Waals surface area contributed by atoms with Gasteiger partial charge < -0.3 is 14.8 Å². The molecule has 0 radical (unpaired) electrons. The summed E-state index contributed by atoms with van der Waals surface area (Å²) in [5, 5.41) is 2.64. The zero-order valence-electron chi connectivity index (χ0n) is 17.1. The van der Waals surface area contributed by atoms with Crippen LogP contribution in [0.1, 0.15) is 62.0 Å². The molecule has 0 atom stereocenters. The predicted octanol–water partition coefficient (Wildman–Crippen LogP) is 3.52. The van der Waals surface area contributed by atoms with Gasteiger partial charge in [-0.3, -0.25) is 9.59 Å². The minimum Gasteiger partial charge on any atom is -0.352 e. The van der Waals surface area contributed by atoms with Gasteiger partial charge in [0.2, 0.25) is 0 Å². The van der Waals surface area contributed by atoms with Crippen molar-refractivity contribution in [1.29, 1.82) is 0 Å². The molecule has 1 saturated carbocycles. The summed E-state index contributed by atoms with van der Waals surface area (Å²) in [7, 11) is 0. The van der Waals surface area contributed by atoms with Crippen LogP contribution in [0.2, 0.25) is 0 Å². The van der Waals surface area contributed by atoms with Gasteiger partial charge in [-0.25, -0.2) is 0 Å². The van der Waals surface area contributed by atoms with Crippen LogP contribution in [0.5, 0.6) is 0 Å². The number of halogens is 3. The van der Waals surface area contributed by atoms with Crippen molar-refractivity contribution >= 4 is 5.91 Å². The van der Waals surface area contributed by atoms with Crippen LogP contribution in [0, 0.1) is 11.3 Å². The number of carbonyl (C=O) groups is 1. The van der Waals surface area contributed by atoms with Crippen molar-refractivity contribution < 1.29 is 18.0 Å². The molecule has 1 aliphatic carbocycles. The molecule has 1 aromatic rings. The second-order valence-electron chi connectivity index (χ2n) is 8.90. The van der Waals surface area contributed by atoms with Crippen molar-refractivity contribution in [1.82, 2.24) is 14.8 Å². The number of nitrogens with one attached hydrogen (secondary N) is 1. The van der Waals surface area contributed by atoms with Crippen molar-refractivity contribution in [2.24, 2.45) is 11.3 Å². The molecule has 1 aliphatic heterocycles. The summed E-state index contributed by atoms with van der Waals surface area (Å²) in [4.78, 5) is 27.2. The van der Waals surface area contributed by atoms with Crippen LogP contribution in [0.25, 0.3) is 0 Å². The van der Waals surface area contributed by atoms with Gasteiger partial charge in [-0.05, 0) is 55.7 Å². The Bertz CT molecular complexity index is 797. The lowest BCUT2D eigenvalue weighted by atomic mass is 9.68. The molecule has 5 nitrogen and oxygen atoms in total. The van der Waals surface area contributed by atoms with Gasteiger partial charge in [0.15, 0.2) is 0 Å². The van der Waals surface area contributed by atoms with Gasteiger partial charge in [-0.2, -0.15) is 13.2 Å². The Kier molecular flexibility index (Phi) is 6.41. The van der Waals surface area contributed by atoms with Crippen LogP contribution >= 0.6 is 0 Å². The normalized spacial score (nSPS) is 19.0. The first-order chi connectivity index (χ1) is 13.6. The maximum Gasteiger partial charge on any atom is 0.431 e. The monoisotopic (exact) mass is 413 g/mol. The molecule has 2 aliphatic rings. The van der Waals surface area contributed by atoms with E-state index in [1.54, 1.807) is 0 Å². The fourth-order valence-electron chi connectivity index (χ4n) is 4.34. The second-order valence-corrected chi connectivity index (χ2v) is 8.90. The van der Waals surface area contributed by atoms with Crippen molar-refractivity contribution in [2.75, 3.05) is 26.2 Å². The number of rotatable bonds is 7. The topological polar surface area (TPSA) is 54.3 Å². The van der Waals surface area contributed by atoms with Gasteiger partial charge in [-0.15, -0.1) is 0 Å². The number of likely N-dealkylation sites (tertiary alicyclic amines) is 1. The highest BCUT2D eigenvalue weighted by Crippen LogP contribution is 2.47. The lowest BCUT2D eigenvalue weighted by Crippen LogP contribution is -2.39. The van der Waals surface area contributed by atoms with E-state index in [2.05, 4.69) is 10.2 Å². The fourth-order valence-corrected chi connectivity index (χ4v) is 4.34. The smallest absolute Gasteiger partial charge is 0.352 e. The zero-order valence-corrected chi connectivity index (χ0v) is 17.1. The highest BCUT2D eigenvalue weighted by Gasteiger charge is 2.42. The molecule has 1 spiro atoms. The van der Waals surface area contributed by atoms with Crippen LogP contribution in [-0.2, 0) is 12.7 Å². The number of hydrogen-bond donors (Lipinski definition) is 1. The first-order valence-corrected chi connectivity index (χ1v) is 10.4. The highest BCUT2D eigenvalue weighted by molar-refractivity contribution is 5.93. The van der Waals surface area contributed by atoms with E-state index in [0.717, 1.165) is 42.6 Å². The molecule has 1 saturated heterocycles. The first kappa shape index (κ1) is 21.9. The van der Waals surface area contributed by atoms with E-state index >= 15 is 0 Å². The molecule has 2 heterocycles. The molecule has 8 heteroatoms. The molecule has 0 bridgehead atoms. The van der Waals surface area contributed by atoms with E-state index in [-0.39, 0.29) is 12.1 Å². The summed E-state index contributed by atoms with van der Waals surface area (Å²) < 4.78 is 41.1. The van der Waals surface area contributed by atoms with Gasteiger partial charge in [0, 0.05) is 26.2 Å². The quantitative estimate of drug-likeness (QED) is 0.744. The molecule has 0 unspecified atom stereocenters. The third-order valence-corrected chi connectivity index (χ3v) is 6.29. The van der Waals surface area contributed by atoms with E-state index in [1.807, 2.05) is 13.8 Å². The van der Waals surface area contributed by atoms with Gasteiger partial charge >= 0.3 is 6.18 Å². The molecule has 0 aromatic carbocycles. The maximum atomic E-state index is 13.5. The standard InChI is InChI=1S/C21H30F3N3O2/c1-15(2)6-10-25-18(28)16-4-5-17(21(22,23)24)27(19(16)29)13-12-26-11-9-20(14-26)7-3-8-20/h4-5,15H,3,6-14H2,1-2H3,(H,25,28). The number of alkyl halides is 3. The van der Waals surface area contributed by atoms with Crippen molar-refractivity contribution in [2.45, 2.75) is 58.7 Å². The molecular weight excluding hydrogens is 383 g/mol. The number of hydrogen-bond acceptors (Lipinski definition) is 3. The Hall–Kier alpha value is -1.83. The average Bonchev–Trinajstić information content (AvgIpc) is 3.04. The fraction of sp³-hybridized carbons (Fsp3) is 0.714. The minimum absolute atomic E-state index is 0.0725. The molecule has 29 heavy (non-hydrogen) atoms. The summed E-state index contributed by atoms with van der Waals surface area (Å²) in [6, 6.07) is 1.84. The Morgan fingerprint density at radius 2 is 1.93 bits per heavy atom. The Balaban J connectivity index is 1.75. The zero-order chi connectivity index (χ0) is 21.2. The third-order valence-electron chi connectivity index (χ3n) is 6.29. The molecule has 2 fully saturated rings. The Morgan fingerprint density at radius 3 is 2.48 bits per heavy atom. The number of amides is 1. The largest absolute Gasteiger partial charge is 0.431 e. The number of aromatic nitrogens is 1. The van der Waals surface area contributed by atoms with Gasteiger partial charge in [0.05, 0.1) is 0 Å². The van der Waals surface area contributed by atoms with Gasteiger partial charge in [0.25, 0.3) is 11.5 Å². The van der Waals surface area contributed by atoms with Crippen LogP contribution in [0.15, 0.2) is 16.9 Å². The van der Waals surface area contributed by atoms with Gasteiger partial charge in [-0.1, -0.05) is 20.3 Å². The number of pyridine rings is 1. The molecule has 1 N–H and O–H groups in total. The van der Waals surface area contributed by atoms with Crippen LogP contribution in [-0.4, -0.2) is 41.6 Å². The van der Waals surface area contributed by atoms with Crippen molar-refractivity contribution in [3.8, 4) is 0 Å². The minimum atomic E-state index is -4.65. The summed E-state index contributed by atoms with van der Waals surface area (Å²) in [6.45, 7) is 6.43. The SMILES string of the molecule is CC(C)CCNC(=O)c1ccc(C(F)(F)F)n(CCN2CCC3(CCC3)C2)c1=O. The van der Waals surface area contributed by atoms with E-state index in [9.17, 15) is 22.8 Å². The number of carbonyl (C=O) groups excluding carboxylic acids is 1. The van der Waals surface area contributed by atoms with Crippen LogP contribution in [0.4, 0.5) is 13.2 Å². The summed E-state index contributed by atoms with van der Waals surface area (Å²) in [6.07, 6.45) is 0.752. The van der Waals surface area contributed by atoms with Crippen LogP contribution < -0.4 is 10.9 Å². The van der Waals surface area contributed by atoms with E-state index < -0.39 is 23.3 Å². The van der Waals surface area contributed by atoms with Crippen molar-refractivity contribution in [3.05, 3.63) is 33.7 Å². The Morgan fingerprint density at radius 1 is 1.21 bits per heavy atom. The molecule has 1 amide bonds. The second kappa shape index (κ2) is 8.50. The lowest BCUT2D eigenvalue weighted by molar-refractivity contribution is -0.144. The average molecular weight is 413 g/mol. The van der Waals surface area contributed by atoms with Crippen LogP contribution in [0.3, 0.4) is 0 Å². The van der Waals surface area contributed by atoms with E-state index in [1.165, 1.54) is 19.3 Å². The summed E-state index contributed by atoms with van der Waals surface area (Å²) in [5.41, 5.74) is -1.77. The van der Waals surface area contributed by atoms with E-state index in [0.29, 0.717) is 24.4 Å². The van der Waals surface area contributed by atoms with E-state index in [4.69, 9.17) is 0 Å². The van der Waals surface area contributed by atoms with Crippen molar-refractivity contribution in [3.63, 3.8) is 0 Å². The first-order valence-electron chi connectivity index (χ1n) is 10.4. The maximum absolute atomic E-state index is 13.5. The van der Waals surface area contributed by atoms with Gasteiger partial charge in [0.1, 0.15) is 11.3 Å². The molecular formula is C21H30F3N3O2. The summed E-state index contributed by atoms with van der Waals surface area (Å²) in [5.74, 6) is -0.244. The highest BCUT2D eigenvalue weighted by atomic mass is 19.4. The molecule has 162 valence electrons. The Labute approximate surface area is 169 Å². The third kappa shape index (κ3) is 5.02. The lowest BCUT2D eigenvalue weighted by Gasteiger charge is -2.38.